The van der Waals surface area contributed by atoms with Gasteiger partial charge in [-0.1, -0.05) is 79.8 Å². The van der Waals surface area contributed by atoms with E-state index in [0.717, 1.165) is 24.0 Å². The second-order valence-electron chi connectivity index (χ2n) is 11.8. The molecule has 2 atom stereocenters. The van der Waals surface area contributed by atoms with E-state index >= 15 is 0 Å². The van der Waals surface area contributed by atoms with Crippen LogP contribution in [0.2, 0.25) is 0 Å². The molecule has 0 saturated heterocycles. The molecule has 0 bridgehead atoms. The molecule has 6 aromatic rings. The van der Waals surface area contributed by atoms with Crippen molar-refractivity contribution in [3.63, 3.8) is 0 Å². The summed E-state index contributed by atoms with van der Waals surface area (Å²) >= 11 is 0. The fourth-order valence-electron chi connectivity index (χ4n) is 7.23. The largest absolute Gasteiger partial charge is 0.265 e. The molecule has 8 rings (SSSR count). The Labute approximate surface area is 253 Å². The number of aromatic nitrogens is 2. The summed E-state index contributed by atoms with van der Waals surface area (Å²) in [5, 5.41) is 2.84. The van der Waals surface area contributed by atoms with Crippen LogP contribution in [0.25, 0.3) is 56.3 Å². The second-order valence-corrected chi connectivity index (χ2v) is 11.8. The Morgan fingerprint density at radius 3 is 1.93 bits per heavy atom. The fraction of sp³-hybridized carbons (Fsp3) is 0.122. The topological polar surface area (TPSA) is 25.8 Å². The average molecular weight is 553 g/mol. The van der Waals surface area contributed by atoms with Crippen LogP contribution in [-0.2, 0) is 6.42 Å². The molecule has 0 N–H and O–H groups in total. The van der Waals surface area contributed by atoms with E-state index in [4.69, 9.17) is 0 Å². The number of nitrogens with zero attached hydrogens (tertiary/aromatic N) is 2. The Kier molecular flexibility index (Phi) is 6.34. The third-order valence-electron chi connectivity index (χ3n) is 9.32. The number of hydrogen-bond donors (Lipinski definition) is 0. The first-order chi connectivity index (χ1) is 21.2. The van der Waals surface area contributed by atoms with E-state index in [1.54, 1.807) is 0 Å². The van der Waals surface area contributed by atoms with Gasteiger partial charge in [-0.15, -0.1) is 0 Å². The Morgan fingerprint density at radius 2 is 1.23 bits per heavy atom. The lowest BCUT2D eigenvalue weighted by atomic mass is 9.72. The molecular weight excluding hydrogens is 520 g/mol. The Hall–Kier alpha value is -5.08. The van der Waals surface area contributed by atoms with Gasteiger partial charge < -0.3 is 0 Å². The number of allylic oxidation sites excluding steroid dienone is 2. The highest BCUT2D eigenvalue weighted by atomic mass is 14.6. The molecule has 0 saturated carbocycles. The van der Waals surface area contributed by atoms with Crippen LogP contribution < -0.4 is 0 Å². The third kappa shape index (κ3) is 4.51. The fourth-order valence-corrected chi connectivity index (χ4v) is 7.23. The number of fused-ring (bicyclic) bond motifs is 6. The lowest BCUT2D eigenvalue weighted by Gasteiger charge is -2.32. The van der Waals surface area contributed by atoms with E-state index in [2.05, 4.69) is 132 Å². The van der Waals surface area contributed by atoms with Crippen molar-refractivity contribution < 1.29 is 0 Å². The minimum Gasteiger partial charge on any atom is -0.265 e. The Balaban J connectivity index is 1.24. The highest BCUT2D eigenvalue weighted by Gasteiger charge is 2.29. The van der Waals surface area contributed by atoms with Gasteiger partial charge in [0.1, 0.15) is 0 Å². The van der Waals surface area contributed by atoms with Gasteiger partial charge in [0.2, 0.25) is 0 Å². The van der Waals surface area contributed by atoms with Crippen molar-refractivity contribution in [2.24, 2.45) is 0 Å². The van der Waals surface area contributed by atoms with Crippen molar-refractivity contribution in [3.8, 4) is 33.4 Å². The number of rotatable bonds is 4. The predicted octanol–water partition coefficient (Wildman–Crippen LogP) is 10.5. The van der Waals surface area contributed by atoms with Crippen LogP contribution in [0.15, 0.2) is 128 Å². The van der Waals surface area contributed by atoms with Gasteiger partial charge in [-0.3, -0.25) is 9.97 Å². The molecule has 4 aromatic carbocycles. The van der Waals surface area contributed by atoms with Gasteiger partial charge >= 0.3 is 0 Å². The summed E-state index contributed by atoms with van der Waals surface area (Å²) in [4.78, 5) is 8.49. The van der Waals surface area contributed by atoms with Crippen molar-refractivity contribution in [2.75, 3.05) is 0 Å². The zero-order chi connectivity index (χ0) is 28.8. The van der Waals surface area contributed by atoms with E-state index < -0.39 is 0 Å². The summed E-state index contributed by atoms with van der Waals surface area (Å²) in [5.74, 6) is 0.654. The van der Waals surface area contributed by atoms with Gasteiger partial charge in [0, 0.05) is 30.7 Å². The zero-order valence-corrected chi connectivity index (χ0v) is 24.2. The molecule has 2 heterocycles. The van der Waals surface area contributed by atoms with E-state index in [-0.39, 0.29) is 0 Å². The highest BCUT2D eigenvalue weighted by Crippen LogP contribution is 2.47. The van der Waals surface area contributed by atoms with E-state index in [0.29, 0.717) is 11.8 Å². The van der Waals surface area contributed by atoms with Gasteiger partial charge in [0.25, 0.3) is 0 Å². The van der Waals surface area contributed by atoms with Crippen molar-refractivity contribution in [3.05, 3.63) is 156 Å². The van der Waals surface area contributed by atoms with Crippen LogP contribution in [-0.4, -0.2) is 9.97 Å². The summed E-state index contributed by atoms with van der Waals surface area (Å²) in [6, 6.07) is 33.4. The number of pyridine rings is 2. The number of benzene rings is 4. The summed E-state index contributed by atoms with van der Waals surface area (Å²) in [5.41, 5.74) is 14.3. The van der Waals surface area contributed by atoms with E-state index in [9.17, 15) is 0 Å². The maximum Gasteiger partial charge on any atom is 0.0273 e. The normalized spacial score (nSPS) is 17.0. The molecule has 2 heteroatoms. The maximum absolute atomic E-state index is 4.24. The summed E-state index contributed by atoms with van der Waals surface area (Å²) in [7, 11) is 0. The smallest absolute Gasteiger partial charge is 0.0273 e. The summed E-state index contributed by atoms with van der Waals surface area (Å²) in [6.07, 6.45) is 19.2. The first-order valence-electron chi connectivity index (χ1n) is 15.2. The summed E-state index contributed by atoms with van der Waals surface area (Å²) < 4.78 is 0. The quantitative estimate of drug-likeness (QED) is 0.217. The standard InChI is InChI=1S/C41H32N2/c1-27-35(13-14-40-38-11-3-2-9-36(38)37-10-4-5-12-39(37)41(27)40)31-8-6-7-30(23-31)34-25-32(28-15-19-42-20-16-28)24-33(26-34)29-17-21-43-22-18-29/h3-8,10-27,35H,2,9H2,1H3. The monoisotopic (exact) mass is 552 g/mol. The van der Waals surface area contributed by atoms with E-state index in [1.807, 2.05) is 24.8 Å². The molecule has 0 amide bonds. The lowest BCUT2D eigenvalue weighted by molar-refractivity contribution is 0.674. The molecule has 0 fully saturated rings. The SMILES string of the molecule is CC1c2c(c3c(c4ccccc24)CCC=C3)C=CC1c1cccc(-c2cc(-c3ccncc3)cc(-c3ccncc3)c2)c1. The molecule has 206 valence electrons. The van der Waals surface area contributed by atoms with Gasteiger partial charge in [-0.2, -0.15) is 0 Å². The minimum absolute atomic E-state index is 0.296. The van der Waals surface area contributed by atoms with Gasteiger partial charge in [-0.25, -0.2) is 0 Å². The average Bonchev–Trinajstić information content (AvgIpc) is 3.09. The lowest BCUT2D eigenvalue weighted by Crippen LogP contribution is -2.14. The van der Waals surface area contributed by atoms with Crippen molar-refractivity contribution in [2.45, 2.75) is 31.6 Å². The maximum atomic E-state index is 4.24. The van der Waals surface area contributed by atoms with Crippen molar-refractivity contribution in [1.82, 2.24) is 9.97 Å². The first kappa shape index (κ1) is 25.6. The molecule has 0 radical (unpaired) electrons. The van der Waals surface area contributed by atoms with Gasteiger partial charge in [0.05, 0.1) is 0 Å². The third-order valence-corrected chi connectivity index (χ3v) is 9.32. The second kappa shape index (κ2) is 10.6. The first-order valence-corrected chi connectivity index (χ1v) is 15.2. The van der Waals surface area contributed by atoms with Crippen LogP contribution in [0.4, 0.5) is 0 Å². The molecule has 0 spiro atoms. The predicted molar refractivity (Wildman–Crippen MR) is 180 cm³/mol. The van der Waals surface area contributed by atoms with E-state index in [1.165, 1.54) is 60.8 Å². The van der Waals surface area contributed by atoms with Crippen LogP contribution >= 0.6 is 0 Å². The molecular formula is C41H32N2. The molecule has 2 aliphatic carbocycles. The number of aryl methyl sites for hydroxylation is 1. The Morgan fingerprint density at radius 1 is 0.581 bits per heavy atom. The van der Waals surface area contributed by atoms with Crippen LogP contribution in [0.3, 0.4) is 0 Å². The number of hydrogen-bond acceptors (Lipinski definition) is 2. The highest BCUT2D eigenvalue weighted by molar-refractivity contribution is 5.97. The van der Waals surface area contributed by atoms with Crippen LogP contribution in [0.5, 0.6) is 0 Å². The molecule has 43 heavy (non-hydrogen) atoms. The molecule has 2 unspecified atom stereocenters. The molecule has 0 aliphatic heterocycles. The van der Waals surface area contributed by atoms with Crippen LogP contribution in [0.1, 0.15) is 53.0 Å². The Bertz CT molecular complexity index is 1980. The molecule has 2 aromatic heterocycles. The van der Waals surface area contributed by atoms with Crippen LogP contribution in [0, 0.1) is 0 Å². The van der Waals surface area contributed by atoms with Gasteiger partial charge in [-0.05, 0) is 133 Å². The van der Waals surface area contributed by atoms with Gasteiger partial charge in [0.15, 0.2) is 0 Å². The van der Waals surface area contributed by atoms with Crippen molar-refractivity contribution in [1.29, 1.82) is 0 Å². The minimum atomic E-state index is 0.296. The molecule has 2 nitrogen and oxygen atoms in total. The molecule has 2 aliphatic rings. The van der Waals surface area contributed by atoms with Crippen molar-refractivity contribution >= 4 is 22.9 Å². The zero-order valence-electron chi connectivity index (χ0n) is 24.2. The summed E-state index contributed by atoms with van der Waals surface area (Å²) in [6.45, 7) is 2.41.